The Morgan fingerprint density at radius 3 is 2.71 bits per heavy atom. The zero-order chi connectivity index (χ0) is 17.3. The molecule has 126 valence electrons. The Morgan fingerprint density at radius 1 is 1.21 bits per heavy atom. The van der Waals surface area contributed by atoms with Crippen LogP contribution in [0.15, 0.2) is 47.4 Å². The maximum atomic E-state index is 13.3. The van der Waals surface area contributed by atoms with E-state index in [1.807, 2.05) is 0 Å². The van der Waals surface area contributed by atoms with E-state index >= 15 is 0 Å². The lowest BCUT2D eigenvalue weighted by Gasteiger charge is -2.26. The van der Waals surface area contributed by atoms with Crippen molar-refractivity contribution >= 4 is 21.6 Å². The van der Waals surface area contributed by atoms with E-state index in [9.17, 15) is 17.6 Å². The lowest BCUT2D eigenvalue weighted by Crippen LogP contribution is -2.36. The number of urea groups is 1. The molecule has 2 aromatic carbocycles. The number of benzene rings is 2. The number of fused-ring (bicyclic) bond motifs is 1. The van der Waals surface area contributed by atoms with Gasteiger partial charge in [0.1, 0.15) is 5.82 Å². The second-order valence-electron chi connectivity index (χ2n) is 5.76. The zero-order valence-corrected chi connectivity index (χ0v) is 13.9. The first-order valence-electron chi connectivity index (χ1n) is 7.52. The van der Waals surface area contributed by atoms with Crippen molar-refractivity contribution in [2.75, 3.05) is 11.1 Å². The summed E-state index contributed by atoms with van der Waals surface area (Å²) in [5.74, 6) is -0.350. The molecule has 0 aliphatic carbocycles. The van der Waals surface area contributed by atoms with Crippen LogP contribution in [0.2, 0.25) is 0 Å². The molecule has 1 aliphatic heterocycles. The quantitative estimate of drug-likeness (QED) is 0.875. The van der Waals surface area contributed by atoms with E-state index in [2.05, 4.69) is 10.6 Å². The average Bonchev–Trinajstić information content (AvgIpc) is 2.54. The summed E-state index contributed by atoms with van der Waals surface area (Å²) in [6.45, 7) is 1.61. The highest BCUT2D eigenvalue weighted by Crippen LogP contribution is 2.31. The van der Waals surface area contributed by atoms with Gasteiger partial charge >= 0.3 is 6.03 Å². The van der Waals surface area contributed by atoms with Crippen LogP contribution < -0.4 is 10.6 Å². The molecule has 0 unspecified atom stereocenters. The van der Waals surface area contributed by atoms with Gasteiger partial charge in [-0.15, -0.1) is 0 Å². The van der Waals surface area contributed by atoms with Crippen LogP contribution in [0.5, 0.6) is 0 Å². The summed E-state index contributed by atoms with van der Waals surface area (Å²) < 4.78 is 37.5. The van der Waals surface area contributed by atoms with Crippen molar-refractivity contribution in [3.8, 4) is 0 Å². The second kappa shape index (κ2) is 6.24. The van der Waals surface area contributed by atoms with Crippen molar-refractivity contribution in [2.45, 2.75) is 24.3 Å². The van der Waals surface area contributed by atoms with Gasteiger partial charge < -0.3 is 10.6 Å². The number of amides is 2. The van der Waals surface area contributed by atoms with Gasteiger partial charge in [0.05, 0.1) is 16.7 Å². The fourth-order valence-corrected chi connectivity index (χ4v) is 4.41. The molecule has 0 bridgehead atoms. The smallest absolute Gasteiger partial charge is 0.319 e. The first kappa shape index (κ1) is 16.4. The highest BCUT2D eigenvalue weighted by molar-refractivity contribution is 7.91. The van der Waals surface area contributed by atoms with Crippen molar-refractivity contribution in [1.29, 1.82) is 0 Å². The predicted molar refractivity (Wildman–Crippen MR) is 89.1 cm³/mol. The Balaban J connectivity index is 1.76. The summed E-state index contributed by atoms with van der Waals surface area (Å²) >= 11 is 0. The summed E-state index contributed by atoms with van der Waals surface area (Å²) in [5, 5.41) is 5.43. The Labute approximate surface area is 139 Å². The molecule has 0 saturated heterocycles. The minimum Gasteiger partial charge on any atom is -0.331 e. The molecule has 2 amide bonds. The molecule has 1 heterocycles. The van der Waals surface area contributed by atoms with Crippen molar-refractivity contribution in [3.63, 3.8) is 0 Å². The molecule has 1 atom stereocenters. The molecule has 0 radical (unpaired) electrons. The minimum absolute atomic E-state index is 0.00931. The molecule has 1 aliphatic rings. The number of hydrogen-bond donors (Lipinski definition) is 2. The van der Waals surface area contributed by atoms with Gasteiger partial charge in [-0.1, -0.05) is 18.2 Å². The van der Waals surface area contributed by atoms with Crippen molar-refractivity contribution in [1.82, 2.24) is 5.32 Å². The monoisotopic (exact) mass is 348 g/mol. The number of sulfone groups is 1. The van der Waals surface area contributed by atoms with Crippen LogP contribution in [-0.4, -0.2) is 20.2 Å². The topological polar surface area (TPSA) is 75.3 Å². The van der Waals surface area contributed by atoms with Crippen LogP contribution in [0.4, 0.5) is 14.9 Å². The van der Waals surface area contributed by atoms with Crippen LogP contribution >= 0.6 is 0 Å². The van der Waals surface area contributed by atoms with Crippen molar-refractivity contribution in [3.05, 3.63) is 59.4 Å². The summed E-state index contributed by atoms with van der Waals surface area (Å²) in [4.78, 5) is 12.4. The van der Waals surface area contributed by atoms with Gasteiger partial charge in [-0.25, -0.2) is 17.6 Å². The third-order valence-corrected chi connectivity index (χ3v) is 5.84. The Hall–Kier alpha value is -2.41. The van der Waals surface area contributed by atoms with Gasteiger partial charge in [0.25, 0.3) is 0 Å². The second-order valence-corrected chi connectivity index (χ2v) is 7.84. The number of nitrogens with one attached hydrogen (secondary N) is 2. The van der Waals surface area contributed by atoms with Crippen molar-refractivity contribution in [2.24, 2.45) is 0 Å². The van der Waals surface area contributed by atoms with E-state index in [4.69, 9.17) is 0 Å². The van der Waals surface area contributed by atoms with E-state index in [1.165, 1.54) is 18.2 Å². The molecule has 24 heavy (non-hydrogen) atoms. The highest BCUT2D eigenvalue weighted by atomic mass is 32.2. The lowest BCUT2D eigenvalue weighted by molar-refractivity contribution is 0.248. The van der Waals surface area contributed by atoms with E-state index < -0.39 is 15.9 Å². The molecule has 0 spiro atoms. The average molecular weight is 348 g/mol. The Morgan fingerprint density at radius 2 is 1.96 bits per heavy atom. The molecule has 3 rings (SSSR count). The largest absolute Gasteiger partial charge is 0.331 e. The number of carbonyl (C=O) groups is 1. The van der Waals surface area contributed by atoms with Gasteiger partial charge in [-0.2, -0.15) is 0 Å². The third-order valence-electron chi connectivity index (χ3n) is 4.03. The fourth-order valence-electron chi connectivity index (χ4n) is 2.79. The number of aryl methyl sites for hydroxylation is 1. The molecule has 0 aromatic heterocycles. The number of anilines is 1. The van der Waals surface area contributed by atoms with Crippen LogP contribution in [0.25, 0.3) is 0 Å². The molecule has 0 fully saturated rings. The first-order valence-corrected chi connectivity index (χ1v) is 9.17. The molecule has 7 heteroatoms. The first-order chi connectivity index (χ1) is 11.4. The maximum absolute atomic E-state index is 13.3. The van der Waals surface area contributed by atoms with Crippen LogP contribution in [0.3, 0.4) is 0 Å². The fraction of sp³-hybridized carbons (Fsp3) is 0.235. The Kier molecular flexibility index (Phi) is 4.28. The SMILES string of the molecule is Cc1cc(NC(=O)N[C@H]2CCS(=O)(=O)c3ccccc32)ccc1F. The third kappa shape index (κ3) is 3.26. The normalized spacial score (nSPS) is 18.5. The number of hydrogen-bond acceptors (Lipinski definition) is 3. The Bertz CT molecular complexity index is 896. The zero-order valence-electron chi connectivity index (χ0n) is 13.0. The predicted octanol–water partition coefficient (Wildman–Crippen LogP) is 3.17. The minimum atomic E-state index is -3.29. The molecular formula is C17H17FN2O3S. The lowest BCUT2D eigenvalue weighted by atomic mass is 10.0. The summed E-state index contributed by atoms with van der Waals surface area (Å²) in [6, 6.07) is 10.1. The van der Waals surface area contributed by atoms with Crippen LogP contribution in [0, 0.1) is 12.7 Å². The molecule has 2 N–H and O–H groups in total. The molecule has 2 aromatic rings. The summed E-state index contributed by atoms with van der Waals surface area (Å²) in [7, 11) is -3.29. The highest BCUT2D eigenvalue weighted by Gasteiger charge is 2.30. The van der Waals surface area contributed by atoms with Gasteiger partial charge in [-0.3, -0.25) is 0 Å². The maximum Gasteiger partial charge on any atom is 0.319 e. The molecule has 5 nitrogen and oxygen atoms in total. The van der Waals surface area contributed by atoms with Crippen molar-refractivity contribution < 1.29 is 17.6 Å². The number of rotatable bonds is 2. The van der Waals surface area contributed by atoms with Gasteiger partial charge in [0.15, 0.2) is 9.84 Å². The standard InChI is InChI=1S/C17H17FN2O3S/c1-11-10-12(6-7-14(11)18)19-17(21)20-15-8-9-24(22,23)16-5-3-2-4-13(15)16/h2-7,10,15H,8-9H2,1H3,(H2,19,20,21)/t15-/m0/s1. The summed E-state index contributed by atoms with van der Waals surface area (Å²) in [6.07, 6.45) is 0.315. The summed E-state index contributed by atoms with van der Waals surface area (Å²) in [5.41, 5.74) is 1.50. The van der Waals surface area contributed by atoms with Gasteiger partial charge in [0, 0.05) is 5.69 Å². The van der Waals surface area contributed by atoms with E-state index in [-0.39, 0.29) is 22.5 Å². The van der Waals surface area contributed by atoms with E-state index in [0.29, 0.717) is 23.2 Å². The van der Waals surface area contributed by atoms with Gasteiger partial charge in [-0.05, 0) is 48.7 Å². The number of halogens is 1. The van der Waals surface area contributed by atoms with Crippen LogP contribution in [0.1, 0.15) is 23.6 Å². The number of carbonyl (C=O) groups excluding carboxylic acids is 1. The molecule has 0 saturated carbocycles. The van der Waals surface area contributed by atoms with E-state index in [0.717, 1.165) is 0 Å². The van der Waals surface area contributed by atoms with Gasteiger partial charge in [0.2, 0.25) is 0 Å². The van der Waals surface area contributed by atoms with Crippen LogP contribution in [-0.2, 0) is 9.84 Å². The molecular weight excluding hydrogens is 331 g/mol. The van der Waals surface area contributed by atoms with E-state index in [1.54, 1.807) is 31.2 Å².